The van der Waals surface area contributed by atoms with E-state index in [-0.39, 0.29) is 29.5 Å². The van der Waals surface area contributed by atoms with Crippen molar-refractivity contribution in [1.29, 1.82) is 5.41 Å². The van der Waals surface area contributed by atoms with E-state index in [4.69, 9.17) is 11.1 Å². The van der Waals surface area contributed by atoms with Crippen LogP contribution in [0.4, 0.5) is 10.1 Å². The lowest BCUT2D eigenvalue weighted by molar-refractivity contribution is 0.00973. The summed E-state index contributed by atoms with van der Waals surface area (Å²) in [5, 5.41) is 11.9. The Labute approximate surface area is 211 Å². The third kappa shape index (κ3) is 4.88. The Balaban J connectivity index is 1.34. The molecule has 186 valence electrons. The van der Waals surface area contributed by atoms with Crippen LogP contribution in [0.2, 0.25) is 0 Å². The van der Waals surface area contributed by atoms with Crippen LogP contribution in [0.3, 0.4) is 0 Å². The Morgan fingerprint density at radius 1 is 1.11 bits per heavy atom. The molecule has 0 radical (unpaired) electrons. The molecule has 1 aromatic heterocycles. The van der Waals surface area contributed by atoms with Crippen LogP contribution in [0, 0.1) is 18.2 Å². The average molecular weight is 486 g/mol. The number of amides is 1. The standard InChI is InChI=1S/C29H32FN5O/c1-18-15-19(13-14-33-18)28(32)23-16-20(9-11-25(23)31)29(36)34-26-12-10-22-6-4-8-27(26)35(22)17-21-5-2-3-7-24(21)30/h2-3,5,7,9,11,13-16,22,26-27,32H,4,6,8,10,12,17,31H2,1H3,(H,34,36). The maximum atomic E-state index is 14.4. The third-order valence-corrected chi connectivity index (χ3v) is 7.60. The molecule has 2 aromatic carbocycles. The summed E-state index contributed by atoms with van der Waals surface area (Å²) in [4.78, 5) is 19.9. The summed E-state index contributed by atoms with van der Waals surface area (Å²) in [5.74, 6) is -0.349. The maximum absolute atomic E-state index is 14.4. The van der Waals surface area contributed by atoms with E-state index in [1.165, 1.54) is 6.07 Å². The summed E-state index contributed by atoms with van der Waals surface area (Å²) in [6.07, 6.45) is 6.76. The molecule has 2 bridgehead atoms. The number of aromatic nitrogens is 1. The predicted molar refractivity (Wildman–Crippen MR) is 140 cm³/mol. The first-order chi connectivity index (χ1) is 17.4. The molecule has 4 N–H and O–H groups in total. The van der Waals surface area contributed by atoms with Gasteiger partial charge in [-0.05, 0) is 69.0 Å². The molecule has 36 heavy (non-hydrogen) atoms. The lowest BCUT2D eigenvalue weighted by atomic mass is 9.81. The molecule has 0 saturated carbocycles. The number of halogens is 1. The van der Waals surface area contributed by atoms with Crippen LogP contribution >= 0.6 is 0 Å². The molecule has 0 spiro atoms. The highest BCUT2D eigenvalue weighted by atomic mass is 19.1. The summed E-state index contributed by atoms with van der Waals surface area (Å²) in [5.41, 5.74) is 10.1. The minimum absolute atomic E-state index is 0.0101. The number of benzene rings is 2. The number of aryl methyl sites for hydroxylation is 1. The van der Waals surface area contributed by atoms with Crippen molar-refractivity contribution in [2.45, 2.75) is 63.7 Å². The highest BCUT2D eigenvalue weighted by Crippen LogP contribution is 2.35. The van der Waals surface area contributed by atoms with Crippen molar-refractivity contribution < 1.29 is 9.18 Å². The van der Waals surface area contributed by atoms with Gasteiger partial charge >= 0.3 is 0 Å². The van der Waals surface area contributed by atoms with E-state index >= 15 is 0 Å². The van der Waals surface area contributed by atoms with Crippen LogP contribution in [0.5, 0.6) is 0 Å². The molecule has 3 atom stereocenters. The van der Waals surface area contributed by atoms with Crippen molar-refractivity contribution in [3.05, 3.63) is 94.6 Å². The zero-order valence-corrected chi connectivity index (χ0v) is 20.5. The summed E-state index contributed by atoms with van der Waals surface area (Å²) >= 11 is 0. The number of carbonyl (C=O) groups excluding carboxylic acids is 1. The number of nitrogens with two attached hydrogens (primary N) is 1. The Bertz CT molecular complexity index is 1290. The first-order valence-corrected chi connectivity index (χ1v) is 12.6. The second kappa shape index (κ2) is 10.2. The number of carbonyl (C=O) groups is 1. The zero-order chi connectivity index (χ0) is 25.2. The predicted octanol–water partition coefficient (Wildman–Crippen LogP) is 4.84. The topological polar surface area (TPSA) is 95.1 Å². The summed E-state index contributed by atoms with van der Waals surface area (Å²) in [7, 11) is 0. The SMILES string of the molecule is Cc1cc(C(=N)c2cc(C(=O)NC3CCC4CCCC3N4Cc3ccccc3F)ccc2N)ccn1. The molecule has 3 unspecified atom stereocenters. The van der Waals surface area contributed by atoms with Gasteiger partial charge in [0.25, 0.3) is 5.91 Å². The van der Waals surface area contributed by atoms with Crippen LogP contribution in [0.15, 0.2) is 60.8 Å². The fourth-order valence-corrected chi connectivity index (χ4v) is 5.73. The van der Waals surface area contributed by atoms with Crippen LogP contribution in [0.25, 0.3) is 0 Å². The van der Waals surface area contributed by atoms with Gasteiger partial charge in [0.2, 0.25) is 0 Å². The normalized spacial score (nSPS) is 21.7. The maximum Gasteiger partial charge on any atom is 0.251 e. The van der Waals surface area contributed by atoms with E-state index in [0.717, 1.165) is 37.8 Å². The first-order valence-electron chi connectivity index (χ1n) is 12.6. The number of nitrogens with one attached hydrogen (secondary N) is 2. The number of pyridine rings is 1. The molecule has 5 rings (SSSR count). The van der Waals surface area contributed by atoms with Crippen molar-refractivity contribution in [2.75, 3.05) is 5.73 Å². The largest absolute Gasteiger partial charge is 0.398 e. The monoisotopic (exact) mass is 485 g/mol. The van der Waals surface area contributed by atoms with E-state index in [1.807, 2.05) is 25.1 Å². The number of hydrogen-bond acceptors (Lipinski definition) is 5. The number of fused-ring (bicyclic) bond motifs is 2. The lowest BCUT2D eigenvalue weighted by Crippen LogP contribution is -2.60. The van der Waals surface area contributed by atoms with E-state index in [0.29, 0.717) is 40.5 Å². The van der Waals surface area contributed by atoms with E-state index in [1.54, 1.807) is 36.5 Å². The van der Waals surface area contributed by atoms with Crippen LogP contribution in [-0.4, -0.2) is 39.6 Å². The molecule has 2 aliphatic rings. The van der Waals surface area contributed by atoms with Crippen molar-refractivity contribution in [3.8, 4) is 0 Å². The minimum atomic E-state index is -0.178. The molecular formula is C29H32FN5O. The zero-order valence-electron chi connectivity index (χ0n) is 20.5. The average Bonchev–Trinajstić information content (AvgIpc) is 2.87. The highest BCUT2D eigenvalue weighted by Gasteiger charge is 2.40. The Kier molecular flexibility index (Phi) is 6.83. The lowest BCUT2D eigenvalue weighted by Gasteiger charge is -2.50. The van der Waals surface area contributed by atoms with Gasteiger partial charge in [0, 0.05) is 64.5 Å². The number of nitrogen functional groups attached to an aromatic ring is 1. The van der Waals surface area contributed by atoms with Gasteiger partial charge in [0.05, 0.1) is 5.71 Å². The van der Waals surface area contributed by atoms with Crippen molar-refractivity contribution >= 4 is 17.3 Å². The fraction of sp³-hybridized carbons (Fsp3) is 0.345. The molecule has 6 nitrogen and oxygen atoms in total. The van der Waals surface area contributed by atoms with E-state index in [2.05, 4.69) is 15.2 Å². The number of nitrogens with zero attached hydrogens (tertiary/aromatic N) is 2. The van der Waals surface area contributed by atoms with Gasteiger partial charge in [-0.15, -0.1) is 0 Å². The molecule has 2 aliphatic heterocycles. The number of piperidine rings is 2. The quantitative estimate of drug-likeness (QED) is 0.344. The summed E-state index contributed by atoms with van der Waals surface area (Å²) in [6.45, 7) is 2.43. The van der Waals surface area contributed by atoms with Crippen molar-refractivity contribution in [3.63, 3.8) is 0 Å². The van der Waals surface area contributed by atoms with Crippen LogP contribution in [0.1, 0.15) is 64.8 Å². The smallest absolute Gasteiger partial charge is 0.251 e. The van der Waals surface area contributed by atoms with Gasteiger partial charge in [-0.2, -0.15) is 0 Å². The van der Waals surface area contributed by atoms with Gasteiger partial charge in [-0.1, -0.05) is 24.6 Å². The molecular weight excluding hydrogens is 453 g/mol. The van der Waals surface area contributed by atoms with E-state index in [9.17, 15) is 9.18 Å². The Morgan fingerprint density at radius 2 is 1.94 bits per heavy atom. The van der Waals surface area contributed by atoms with E-state index < -0.39 is 0 Å². The molecule has 1 amide bonds. The van der Waals surface area contributed by atoms with Gasteiger partial charge in [-0.25, -0.2) is 4.39 Å². The number of rotatable bonds is 6. The third-order valence-electron chi connectivity index (χ3n) is 7.60. The molecule has 3 heterocycles. The molecule has 2 saturated heterocycles. The Morgan fingerprint density at radius 3 is 2.75 bits per heavy atom. The first kappa shape index (κ1) is 24.1. The van der Waals surface area contributed by atoms with Gasteiger partial charge in [0.1, 0.15) is 5.82 Å². The molecule has 3 aromatic rings. The fourth-order valence-electron chi connectivity index (χ4n) is 5.73. The van der Waals surface area contributed by atoms with Gasteiger partial charge in [0.15, 0.2) is 0 Å². The van der Waals surface area contributed by atoms with Gasteiger partial charge in [-0.3, -0.25) is 20.1 Å². The second-order valence-corrected chi connectivity index (χ2v) is 9.94. The molecule has 0 aliphatic carbocycles. The van der Waals surface area contributed by atoms with Crippen molar-refractivity contribution in [1.82, 2.24) is 15.2 Å². The number of hydrogen-bond donors (Lipinski definition) is 3. The second-order valence-electron chi connectivity index (χ2n) is 9.94. The Hall–Kier alpha value is -3.58. The highest BCUT2D eigenvalue weighted by molar-refractivity contribution is 6.14. The molecule has 2 fully saturated rings. The van der Waals surface area contributed by atoms with Crippen LogP contribution in [-0.2, 0) is 6.54 Å². The molecule has 7 heteroatoms. The number of anilines is 1. The summed E-state index contributed by atoms with van der Waals surface area (Å²) in [6, 6.07) is 16.2. The van der Waals surface area contributed by atoms with Crippen molar-refractivity contribution in [2.24, 2.45) is 0 Å². The minimum Gasteiger partial charge on any atom is -0.398 e. The van der Waals surface area contributed by atoms with Gasteiger partial charge < -0.3 is 11.1 Å². The summed E-state index contributed by atoms with van der Waals surface area (Å²) < 4.78 is 14.4. The van der Waals surface area contributed by atoms with Crippen LogP contribution < -0.4 is 11.1 Å².